The Morgan fingerprint density at radius 1 is 1.18 bits per heavy atom. The van der Waals surface area contributed by atoms with Gasteiger partial charge < -0.3 is 10.2 Å². The SMILES string of the molecule is O=C(O)c1nc2ccc(F)cn2c1N=Nc1ccccc1O. The number of carboxylic acid groups (broad SMARTS) is 1. The summed E-state index contributed by atoms with van der Waals surface area (Å²) < 4.78 is 14.5. The Kier molecular flexibility index (Phi) is 3.26. The molecule has 0 atom stereocenters. The van der Waals surface area contributed by atoms with E-state index in [1.165, 1.54) is 22.6 Å². The number of rotatable bonds is 3. The Labute approximate surface area is 123 Å². The predicted molar refractivity (Wildman–Crippen MR) is 74.4 cm³/mol. The second kappa shape index (κ2) is 5.24. The Morgan fingerprint density at radius 2 is 1.95 bits per heavy atom. The third-order valence-electron chi connectivity index (χ3n) is 2.89. The van der Waals surface area contributed by atoms with Crippen LogP contribution in [0.2, 0.25) is 0 Å². The molecule has 22 heavy (non-hydrogen) atoms. The van der Waals surface area contributed by atoms with Gasteiger partial charge in [-0.25, -0.2) is 14.2 Å². The van der Waals surface area contributed by atoms with Gasteiger partial charge in [-0.05, 0) is 24.3 Å². The molecule has 0 aliphatic rings. The van der Waals surface area contributed by atoms with E-state index in [0.717, 1.165) is 12.3 Å². The highest BCUT2D eigenvalue weighted by molar-refractivity contribution is 5.91. The molecule has 0 spiro atoms. The molecule has 0 aliphatic carbocycles. The van der Waals surface area contributed by atoms with Gasteiger partial charge in [0.05, 0.1) is 0 Å². The van der Waals surface area contributed by atoms with Crippen molar-refractivity contribution in [1.29, 1.82) is 0 Å². The summed E-state index contributed by atoms with van der Waals surface area (Å²) in [6.07, 6.45) is 1.06. The zero-order valence-corrected chi connectivity index (χ0v) is 11.0. The molecule has 110 valence electrons. The quantitative estimate of drug-likeness (QED) is 0.725. The van der Waals surface area contributed by atoms with Gasteiger partial charge >= 0.3 is 5.97 Å². The number of nitrogens with zero attached hydrogens (tertiary/aromatic N) is 4. The average molecular weight is 300 g/mol. The molecular formula is C14H9FN4O3. The van der Waals surface area contributed by atoms with Crippen LogP contribution in [0.1, 0.15) is 10.5 Å². The Bertz CT molecular complexity index is 904. The molecule has 0 radical (unpaired) electrons. The van der Waals surface area contributed by atoms with E-state index in [4.69, 9.17) is 5.11 Å². The number of phenolic OH excluding ortho intramolecular Hbond substituents is 1. The van der Waals surface area contributed by atoms with Gasteiger partial charge in [-0.2, -0.15) is 0 Å². The first kappa shape index (κ1) is 13.7. The van der Waals surface area contributed by atoms with Gasteiger partial charge in [-0.15, -0.1) is 10.2 Å². The Morgan fingerprint density at radius 3 is 2.68 bits per heavy atom. The molecule has 3 rings (SSSR count). The first-order valence-corrected chi connectivity index (χ1v) is 6.17. The van der Waals surface area contributed by atoms with Gasteiger partial charge in [0.1, 0.15) is 22.9 Å². The predicted octanol–water partition coefficient (Wildman–Crippen LogP) is 3.29. The van der Waals surface area contributed by atoms with E-state index in [-0.39, 0.29) is 28.6 Å². The minimum atomic E-state index is -1.31. The van der Waals surface area contributed by atoms with E-state index in [2.05, 4.69) is 15.2 Å². The highest BCUT2D eigenvalue weighted by Gasteiger charge is 2.18. The molecule has 2 heterocycles. The summed E-state index contributed by atoms with van der Waals surface area (Å²) in [4.78, 5) is 15.1. The summed E-state index contributed by atoms with van der Waals surface area (Å²) in [7, 11) is 0. The summed E-state index contributed by atoms with van der Waals surface area (Å²) in [6.45, 7) is 0. The van der Waals surface area contributed by atoms with Crippen LogP contribution in [0.15, 0.2) is 52.8 Å². The zero-order chi connectivity index (χ0) is 15.7. The van der Waals surface area contributed by atoms with Crippen LogP contribution in [0.3, 0.4) is 0 Å². The minimum absolute atomic E-state index is 0.108. The topological polar surface area (TPSA) is 99.5 Å². The first-order chi connectivity index (χ1) is 10.6. The van der Waals surface area contributed by atoms with Crippen molar-refractivity contribution in [1.82, 2.24) is 9.38 Å². The number of hydrogen-bond acceptors (Lipinski definition) is 5. The molecular weight excluding hydrogens is 291 g/mol. The van der Waals surface area contributed by atoms with Crippen LogP contribution in [0.4, 0.5) is 15.9 Å². The van der Waals surface area contributed by atoms with Crippen molar-refractivity contribution in [3.8, 4) is 5.75 Å². The maximum atomic E-state index is 13.3. The fraction of sp³-hybridized carbons (Fsp3) is 0. The summed E-state index contributed by atoms with van der Waals surface area (Å²) in [5.74, 6) is -2.12. The lowest BCUT2D eigenvalue weighted by Gasteiger charge is -1.98. The molecule has 0 amide bonds. The maximum Gasteiger partial charge on any atom is 0.358 e. The van der Waals surface area contributed by atoms with Crippen LogP contribution in [0.25, 0.3) is 5.65 Å². The molecule has 0 bridgehead atoms. The number of hydrogen-bond donors (Lipinski definition) is 2. The van der Waals surface area contributed by atoms with Crippen LogP contribution >= 0.6 is 0 Å². The number of azo groups is 1. The van der Waals surface area contributed by atoms with Crippen LogP contribution in [-0.2, 0) is 0 Å². The lowest BCUT2D eigenvalue weighted by Crippen LogP contribution is -1.96. The number of carbonyl (C=O) groups is 1. The Balaban J connectivity index is 2.16. The lowest BCUT2D eigenvalue weighted by molar-refractivity contribution is 0.0692. The number of fused-ring (bicyclic) bond motifs is 1. The van der Waals surface area contributed by atoms with Gasteiger partial charge in [0.25, 0.3) is 0 Å². The van der Waals surface area contributed by atoms with Crippen molar-refractivity contribution >= 4 is 23.1 Å². The van der Waals surface area contributed by atoms with E-state index in [9.17, 15) is 14.3 Å². The molecule has 0 aliphatic heterocycles. The molecule has 7 nitrogen and oxygen atoms in total. The van der Waals surface area contributed by atoms with Crippen LogP contribution in [-0.4, -0.2) is 25.6 Å². The average Bonchev–Trinajstić information content (AvgIpc) is 2.84. The van der Waals surface area contributed by atoms with Gasteiger partial charge in [0.2, 0.25) is 0 Å². The standard InChI is InChI=1S/C14H9FN4O3/c15-8-5-6-11-16-12(14(21)22)13(19(11)7-8)18-17-9-3-1-2-4-10(9)20/h1-7,20H,(H,21,22). The fourth-order valence-corrected chi connectivity index (χ4v) is 1.90. The van der Waals surface area contributed by atoms with Crippen LogP contribution in [0, 0.1) is 5.82 Å². The van der Waals surface area contributed by atoms with Crippen molar-refractivity contribution in [3.05, 3.63) is 54.1 Å². The number of imidazole rings is 1. The van der Waals surface area contributed by atoms with E-state index in [1.54, 1.807) is 12.1 Å². The number of aromatic nitrogens is 2. The van der Waals surface area contributed by atoms with Gasteiger partial charge in [-0.1, -0.05) is 12.1 Å². The summed E-state index contributed by atoms with van der Waals surface area (Å²) in [5, 5.41) is 26.4. The van der Waals surface area contributed by atoms with Crippen molar-refractivity contribution in [3.63, 3.8) is 0 Å². The summed E-state index contributed by atoms with van der Waals surface area (Å²) in [5.41, 5.74) is 0.0278. The van der Waals surface area contributed by atoms with Crippen molar-refractivity contribution < 1.29 is 19.4 Å². The van der Waals surface area contributed by atoms with E-state index < -0.39 is 11.8 Å². The molecule has 1 aromatic carbocycles. The smallest absolute Gasteiger partial charge is 0.358 e. The molecule has 0 fully saturated rings. The lowest BCUT2D eigenvalue weighted by atomic mass is 10.3. The second-order valence-electron chi connectivity index (χ2n) is 4.35. The molecule has 2 N–H and O–H groups in total. The number of aromatic carboxylic acids is 1. The molecule has 0 saturated heterocycles. The number of carboxylic acids is 1. The van der Waals surface area contributed by atoms with Crippen molar-refractivity contribution in [2.24, 2.45) is 10.2 Å². The highest BCUT2D eigenvalue weighted by atomic mass is 19.1. The summed E-state index contributed by atoms with van der Waals surface area (Å²) in [6, 6.07) is 8.67. The summed E-state index contributed by atoms with van der Waals surface area (Å²) >= 11 is 0. The van der Waals surface area contributed by atoms with E-state index in [1.807, 2.05) is 0 Å². The fourth-order valence-electron chi connectivity index (χ4n) is 1.90. The second-order valence-corrected chi connectivity index (χ2v) is 4.35. The van der Waals surface area contributed by atoms with Crippen LogP contribution in [0.5, 0.6) is 5.75 Å². The molecule has 8 heteroatoms. The highest BCUT2D eigenvalue weighted by Crippen LogP contribution is 2.29. The largest absolute Gasteiger partial charge is 0.506 e. The third kappa shape index (κ3) is 2.37. The number of halogens is 1. The van der Waals surface area contributed by atoms with E-state index >= 15 is 0 Å². The van der Waals surface area contributed by atoms with Crippen LogP contribution < -0.4 is 0 Å². The number of phenols is 1. The number of benzene rings is 1. The molecule has 3 aromatic rings. The Hall–Kier alpha value is -3.29. The number of pyridine rings is 1. The number of para-hydroxylation sites is 1. The maximum absolute atomic E-state index is 13.3. The monoisotopic (exact) mass is 300 g/mol. The number of aromatic hydroxyl groups is 1. The van der Waals surface area contributed by atoms with E-state index in [0.29, 0.717) is 0 Å². The molecule has 2 aromatic heterocycles. The van der Waals surface area contributed by atoms with Gasteiger partial charge in [0, 0.05) is 6.20 Å². The van der Waals surface area contributed by atoms with Crippen molar-refractivity contribution in [2.45, 2.75) is 0 Å². The zero-order valence-electron chi connectivity index (χ0n) is 11.0. The van der Waals surface area contributed by atoms with Crippen molar-refractivity contribution in [2.75, 3.05) is 0 Å². The minimum Gasteiger partial charge on any atom is -0.506 e. The normalized spacial score (nSPS) is 11.3. The van der Waals surface area contributed by atoms with Gasteiger partial charge in [0.15, 0.2) is 11.5 Å². The molecule has 0 unspecified atom stereocenters. The van der Waals surface area contributed by atoms with Gasteiger partial charge in [-0.3, -0.25) is 4.40 Å². The first-order valence-electron chi connectivity index (χ1n) is 6.17. The third-order valence-corrected chi connectivity index (χ3v) is 2.89. The molecule has 0 saturated carbocycles.